The Balaban J connectivity index is 2.47. The maximum atomic E-state index is 10.8. The molecule has 108 valence electrons. The van der Waals surface area contributed by atoms with Crippen LogP contribution in [0.15, 0.2) is 24.3 Å². The number of hydrogen-bond acceptors (Lipinski definition) is 6. The second-order valence-corrected chi connectivity index (χ2v) is 4.68. The average Bonchev–Trinajstić information content (AvgIpc) is 2.45. The lowest BCUT2D eigenvalue weighted by atomic mass is 10.1. The monoisotopic (exact) mass is 286 g/mol. The Hall–Kier alpha value is -2.72. The predicted octanol–water partition coefficient (Wildman–Crippen LogP) is 2.20. The van der Waals surface area contributed by atoms with E-state index in [0.717, 1.165) is 0 Å². The van der Waals surface area contributed by atoms with Crippen LogP contribution in [0.3, 0.4) is 0 Å². The van der Waals surface area contributed by atoms with Gasteiger partial charge in [-0.25, -0.2) is 4.98 Å². The van der Waals surface area contributed by atoms with Gasteiger partial charge in [-0.2, -0.15) is 5.26 Å². The van der Waals surface area contributed by atoms with Crippen molar-refractivity contribution in [1.29, 1.82) is 5.26 Å². The molecule has 1 atom stereocenters. The Kier molecular flexibility index (Phi) is 4.30. The molecule has 0 saturated carbocycles. The molecule has 1 heterocycles. The molecule has 1 aromatic carbocycles. The number of nitrogens with one attached hydrogen (secondary N) is 1. The number of hydrogen-bond donors (Lipinski definition) is 2. The smallest absolute Gasteiger partial charge is 0.270 e. The van der Waals surface area contributed by atoms with Crippen LogP contribution < -0.4 is 5.32 Å². The van der Waals surface area contributed by atoms with Crippen molar-refractivity contribution in [3.05, 3.63) is 39.9 Å². The summed E-state index contributed by atoms with van der Waals surface area (Å²) in [6.07, 6.45) is 0.557. The normalized spacial score (nSPS) is 11.9. The average molecular weight is 286 g/mol. The van der Waals surface area contributed by atoms with Gasteiger partial charge in [0.2, 0.25) is 0 Å². The molecule has 2 rings (SSSR count). The van der Waals surface area contributed by atoms with Gasteiger partial charge in [0.1, 0.15) is 5.82 Å². The van der Waals surface area contributed by atoms with E-state index in [0.29, 0.717) is 28.7 Å². The molecule has 7 nitrogen and oxygen atoms in total. The van der Waals surface area contributed by atoms with Crippen LogP contribution in [0.1, 0.15) is 18.9 Å². The number of aromatic nitrogens is 1. The van der Waals surface area contributed by atoms with E-state index in [4.69, 9.17) is 5.11 Å². The van der Waals surface area contributed by atoms with E-state index in [-0.39, 0.29) is 18.3 Å². The third-order valence-corrected chi connectivity index (χ3v) is 3.08. The highest BCUT2D eigenvalue weighted by Gasteiger charge is 2.12. The Labute approximate surface area is 121 Å². The molecule has 21 heavy (non-hydrogen) atoms. The van der Waals surface area contributed by atoms with E-state index in [9.17, 15) is 15.4 Å². The van der Waals surface area contributed by atoms with Crippen molar-refractivity contribution < 1.29 is 10.0 Å². The zero-order valence-electron chi connectivity index (χ0n) is 11.4. The molecule has 0 aliphatic heterocycles. The SMILES string of the molecule is C[C@@H](CCO)Nc1cc(C#N)c2cc([N+](=O)[O-])ccc2n1. The summed E-state index contributed by atoms with van der Waals surface area (Å²) >= 11 is 0. The lowest BCUT2D eigenvalue weighted by Gasteiger charge is -2.14. The molecule has 2 aromatic rings. The first-order valence-corrected chi connectivity index (χ1v) is 6.42. The largest absolute Gasteiger partial charge is 0.396 e. The van der Waals surface area contributed by atoms with Crippen molar-refractivity contribution in [2.75, 3.05) is 11.9 Å². The number of nitro benzene ring substituents is 1. The third-order valence-electron chi connectivity index (χ3n) is 3.08. The van der Waals surface area contributed by atoms with Crippen molar-refractivity contribution in [2.45, 2.75) is 19.4 Å². The highest BCUT2D eigenvalue weighted by molar-refractivity contribution is 5.88. The molecule has 0 fully saturated rings. The van der Waals surface area contributed by atoms with Crippen LogP contribution in [0.4, 0.5) is 11.5 Å². The fourth-order valence-electron chi connectivity index (χ4n) is 2.01. The van der Waals surface area contributed by atoms with Gasteiger partial charge >= 0.3 is 0 Å². The Morgan fingerprint density at radius 1 is 1.52 bits per heavy atom. The van der Waals surface area contributed by atoms with Gasteiger partial charge in [-0.1, -0.05) is 0 Å². The van der Waals surface area contributed by atoms with Crippen molar-refractivity contribution in [2.24, 2.45) is 0 Å². The maximum absolute atomic E-state index is 10.8. The lowest BCUT2D eigenvalue weighted by molar-refractivity contribution is -0.384. The van der Waals surface area contributed by atoms with E-state index in [1.54, 1.807) is 6.07 Å². The first kappa shape index (κ1) is 14.7. The number of non-ortho nitro benzene ring substituents is 1. The van der Waals surface area contributed by atoms with E-state index in [1.807, 2.05) is 13.0 Å². The minimum atomic E-state index is -0.504. The van der Waals surface area contributed by atoms with Crippen molar-refractivity contribution in [3.8, 4) is 6.07 Å². The minimum Gasteiger partial charge on any atom is -0.396 e. The standard InChI is InChI=1S/C14H14N4O3/c1-9(4-5-19)16-14-6-10(8-15)12-7-11(18(20)21)2-3-13(12)17-14/h2-3,6-7,9,19H,4-5H2,1H3,(H,16,17)/t9-/m0/s1. The van der Waals surface area contributed by atoms with Crippen molar-refractivity contribution >= 4 is 22.4 Å². The number of rotatable bonds is 5. The fraction of sp³-hybridized carbons (Fsp3) is 0.286. The Morgan fingerprint density at radius 2 is 2.29 bits per heavy atom. The first-order chi connectivity index (χ1) is 10.0. The fourth-order valence-corrected chi connectivity index (χ4v) is 2.01. The number of fused-ring (bicyclic) bond motifs is 1. The van der Waals surface area contributed by atoms with Gasteiger partial charge in [0.25, 0.3) is 5.69 Å². The molecule has 0 spiro atoms. The molecule has 0 radical (unpaired) electrons. The van der Waals surface area contributed by atoms with Gasteiger partial charge in [-0.05, 0) is 25.5 Å². The number of aliphatic hydroxyl groups is 1. The number of nitro groups is 1. The summed E-state index contributed by atoms with van der Waals surface area (Å²) in [4.78, 5) is 14.6. The summed E-state index contributed by atoms with van der Waals surface area (Å²) in [6, 6.07) is 7.82. The molecular formula is C14H14N4O3. The number of benzene rings is 1. The van der Waals surface area contributed by atoms with Crippen molar-refractivity contribution in [3.63, 3.8) is 0 Å². The topological polar surface area (TPSA) is 112 Å². The molecule has 0 aliphatic carbocycles. The second kappa shape index (κ2) is 6.15. The van der Waals surface area contributed by atoms with E-state index in [1.165, 1.54) is 18.2 Å². The van der Waals surface area contributed by atoms with Crippen LogP contribution >= 0.6 is 0 Å². The van der Waals surface area contributed by atoms with Crippen LogP contribution in [-0.4, -0.2) is 27.7 Å². The quantitative estimate of drug-likeness (QED) is 0.643. The van der Waals surface area contributed by atoms with Crippen LogP contribution in [0.25, 0.3) is 10.9 Å². The summed E-state index contributed by atoms with van der Waals surface area (Å²) < 4.78 is 0. The predicted molar refractivity (Wildman–Crippen MR) is 77.9 cm³/mol. The zero-order chi connectivity index (χ0) is 15.4. The minimum absolute atomic E-state index is 0.00420. The number of nitriles is 1. The van der Waals surface area contributed by atoms with Gasteiger partial charge in [0.05, 0.1) is 22.1 Å². The summed E-state index contributed by atoms with van der Waals surface area (Å²) in [5, 5.41) is 32.4. The van der Waals surface area contributed by atoms with Crippen LogP contribution in [0.2, 0.25) is 0 Å². The molecule has 0 unspecified atom stereocenters. The number of aliphatic hydroxyl groups excluding tert-OH is 1. The first-order valence-electron chi connectivity index (χ1n) is 6.42. The molecule has 2 N–H and O–H groups in total. The van der Waals surface area contributed by atoms with Crippen LogP contribution in [0, 0.1) is 21.4 Å². The summed E-state index contributed by atoms with van der Waals surface area (Å²) in [5.41, 5.74) is 0.760. The molecule has 0 aliphatic rings. The maximum Gasteiger partial charge on any atom is 0.270 e. The van der Waals surface area contributed by atoms with Crippen LogP contribution in [-0.2, 0) is 0 Å². The van der Waals surface area contributed by atoms with Gasteiger partial charge < -0.3 is 10.4 Å². The highest BCUT2D eigenvalue weighted by Crippen LogP contribution is 2.25. The Morgan fingerprint density at radius 3 is 2.90 bits per heavy atom. The zero-order valence-corrected chi connectivity index (χ0v) is 11.4. The second-order valence-electron chi connectivity index (χ2n) is 4.68. The van der Waals surface area contributed by atoms with Gasteiger partial charge in [-0.15, -0.1) is 0 Å². The number of nitrogens with zero attached hydrogens (tertiary/aromatic N) is 3. The summed E-state index contributed by atoms with van der Waals surface area (Å²) in [5.74, 6) is 0.508. The Bertz CT molecular complexity index is 724. The van der Waals surface area contributed by atoms with Gasteiger partial charge in [0.15, 0.2) is 0 Å². The van der Waals surface area contributed by atoms with Crippen LogP contribution in [0.5, 0.6) is 0 Å². The van der Waals surface area contributed by atoms with Crippen molar-refractivity contribution in [1.82, 2.24) is 4.98 Å². The number of pyridine rings is 1. The molecule has 0 bridgehead atoms. The van der Waals surface area contributed by atoms with E-state index in [2.05, 4.69) is 10.3 Å². The van der Waals surface area contributed by atoms with Gasteiger partial charge in [0, 0.05) is 30.2 Å². The summed E-state index contributed by atoms with van der Waals surface area (Å²) in [7, 11) is 0. The van der Waals surface area contributed by atoms with Gasteiger partial charge in [-0.3, -0.25) is 10.1 Å². The highest BCUT2D eigenvalue weighted by atomic mass is 16.6. The van der Waals surface area contributed by atoms with E-state index < -0.39 is 4.92 Å². The molecule has 0 amide bonds. The molecule has 7 heteroatoms. The third kappa shape index (κ3) is 3.24. The van der Waals surface area contributed by atoms with E-state index >= 15 is 0 Å². The summed E-state index contributed by atoms with van der Waals surface area (Å²) in [6.45, 7) is 1.95. The number of anilines is 1. The molecule has 1 aromatic heterocycles. The lowest BCUT2D eigenvalue weighted by Crippen LogP contribution is -2.17. The molecule has 0 saturated heterocycles. The molecular weight excluding hydrogens is 272 g/mol.